The van der Waals surface area contributed by atoms with Crippen molar-refractivity contribution in [1.82, 2.24) is 0 Å². The van der Waals surface area contributed by atoms with Gasteiger partial charge in [0.2, 0.25) is 0 Å². The molecule has 1 aromatic rings. The summed E-state index contributed by atoms with van der Waals surface area (Å²) >= 11 is 0. The fourth-order valence-corrected chi connectivity index (χ4v) is 3.57. The Kier molecular flexibility index (Phi) is 18.4. The quantitative estimate of drug-likeness (QED) is 0.206. The van der Waals surface area contributed by atoms with Crippen LogP contribution in [0.15, 0.2) is 55.6 Å². The molecule has 0 amide bonds. The number of Topliss-reactive ketones (excluding diaryl/α,β-unsaturated/α-hetero) is 1. The number of esters is 1. The Morgan fingerprint density at radius 2 is 1.84 bits per heavy atom. The van der Waals surface area contributed by atoms with Crippen molar-refractivity contribution in [2.24, 2.45) is 5.92 Å². The molecule has 0 heterocycles. The van der Waals surface area contributed by atoms with E-state index in [2.05, 4.69) is 49.6 Å². The monoisotopic (exact) mass is 428 g/mol. The van der Waals surface area contributed by atoms with Crippen LogP contribution in [0.3, 0.4) is 0 Å². The standard InChI is InChI=1S/C16H22O.C10H18O2.C2H4/c17-16-12-11-15(13-16)10-6-2-5-9-14-7-3-1-4-8-14;1-4-5-6-7-8-10(11)12-9(2)3;1-2/h1,3-4,7-8,15H,2,5-6,9-13H2;4-5,9H,6-8H2,1-3H3;1-2H2/b;5-4-;/t15-;;/m0../s1. The molecule has 1 aliphatic rings. The molecular formula is C28H44O3. The minimum atomic E-state index is -0.0884. The number of allylic oxidation sites excluding steroid dienone is 2. The van der Waals surface area contributed by atoms with Crippen LogP contribution in [0.2, 0.25) is 0 Å². The largest absolute Gasteiger partial charge is 0.463 e. The van der Waals surface area contributed by atoms with Crippen molar-refractivity contribution in [3.05, 3.63) is 61.2 Å². The molecule has 174 valence electrons. The summed E-state index contributed by atoms with van der Waals surface area (Å²) in [7, 11) is 0. The van der Waals surface area contributed by atoms with Crippen molar-refractivity contribution in [2.75, 3.05) is 0 Å². The normalized spacial score (nSPS) is 15.2. The molecule has 0 bridgehead atoms. The summed E-state index contributed by atoms with van der Waals surface area (Å²) in [5, 5.41) is 0. The van der Waals surface area contributed by atoms with E-state index in [0.717, 1.165) is 32.1 Å². The molecular weight excluding hydrogens is 384 g/mol. The van der Waals surface area contributed by atoms with Crippen molar-refractivity contribution in [1.29, 1.82) is 0 Å². The van der Waals surface area contributed by atoms with Gasteiger partial charge in [0.25, 0.3) is 0 Å². The molecule has 0 aromatic heterocycles. The molecule has 0 radical (unpaired) electrons. The molecule has 1 saturated carbocycles. The summed E-state index contributed by atoms with van der Waals surface area (Å²) < 4.78 is 4.97. The molecule has 0 unspecified atom stereocenters. The average molecular weight is 429 g/mol. The van der Waals surface area contributed by atoms with Gasteiger partial charge < -0.3 is 4.74 Å². The van der Waals surface area contributed by atoms with Gasteiger partial charge in [-0.3, -0.25) is 9.59 Å². The van der Waals surface area contributed by atoms with E-state index in [9.17, 15) is 9.59 Å². The van der Waals surface area contributed by atoms with Crippen LogP contribution in [-0.4, -0.2) is 17.9 Å². The zero-order chi connectivity index (χ0) is 23.3. The topological polar surface area (TPSA) is 43.4 Å². The smallest absolute Gasteiger partial charge is 0.306 e. The number of carbonyl (C=O) groups is 2. The predicted molar refractivity (Wildman–Crippen MR) is 132 cm³/mol. The van der Waals surface area contributed by atoms with Gasteiger partial charge in [-0.2, -0.15) is 0 Å². The lowest BCUT2D eigenvalue weighted by Crippen LogP contribution is -2.10. The molecule has 0 N–H and O–H groups in total. The minimum absolute atomic E-state index is 0.0132. The first-order valence-corrected chi connectivity index (χ1v) is 11.9. The van der Waals surface area contributed by atoms with Crippen LogP contribution in [0.25, 0.3) is 0 Å². The Bertz CT molecular complexity index is 604. The van der Waals surface area contributed by atoms with Crippen LogP contribution in [0, 0.1) is 5.92 Å². The molecule has 1 atom stereocenters. The van der Waals surface area contributed by atoms with Gasteiger partial charge in [0.05, 0.1) is 6.10 Å². The van der Waals surface area contributed by atoms with Crippen molar-refractivity contribution < 1.29 is 14.3 Å². The van der Waals surface area contributed by atoms with Gasteiger partial charge in [0, 0.05) is 19.3 Å². The number of unbranched alkanes of at least 4 members (excludes halogenated alkanes) is 3. The molecule has 3 nitrogen and oxygen atoms in total. The third-order valence-electron chi connectivity index (χ3n) is 5.12. The maximum absolute atomic E-state index is 11.1. The highest BCUT2D eigenvalue weighted by molar-refractivity contribution is 5.80. The van der Waals surface area contributed by atoms with E-state index in [1.165, 1.54) is 37.7 Å². The molecule has 2 rings (SSSR count). The fourth-order valence-electron chi connectivity index (χ4n) is 3.57. The van der Waals surface area contributed by atoms with Crippen LogP contribution in [0.5, 0.6) is 0 Å². The lowest BCUT2D eigenvalue weighted by Gasteiger charge is -2.07. The van der Waals surface area contributed by atoms with Crippen molar-refractivity contribution in [2.45, 2.75) is 97.5 Å². The molecule has 31 heavy (non-hydrogen) atoms. The van der Waals surface area contributed by atoms with E-state index < -0.39 is 0 Å². The zero-order valence-corrected chi connectivity index (χ0v) is 20.1. The van der Waals surface area contributed by atoms with Gasteiger partial charge in [0.15, 0.2) is 0 Å². The summed E-state index contributed by atoms with van der Waals surface area (Å²) in [6.45, 7) is 11.7. The number of rotatable bonds is 11. The number of hydrogen-bond donors (Lipinski definition) is 0. The fraction of sp³-hybridized carbons (Fsp3) is 0.571. The molecule has 0 aliphatic heterocycles. The summed E-state index contributed by atoms with van der Waals surface area (Å²) in [6, 6.07) is 10.7. The first-order chi connectivity index (χ1) is 15.0. The van der Waals surface area contributed by atoms with E-state index in [-0.39, 0.29) is 12.1 Å². The first-order valence-electron chi connectivity index (χ1n) is 11.9. The molecule has 0 spiro atoms. The second kappa shape index (κ2) is 19.8. The summed E-state index contributed by atoms with van der Waals surface area (Å²) in [6.07, 6.45) is 15.6. The van der Waals surface area contributed by atoms with Gasteiger partial charge in [0.1, 0.15) is 5.78 Å². The van der Waals surface area contributed by atoms with Gasteiger partial charge in [-0.25, -0.2) is 0 Å². The minimum Gasteiger partial charge on any atom is -0.463 e. The van der Waals surface area contributed by atoms with Crippen LogP contribution < -0.4 is 0 Å². The maximum atomic E-state index is 11.1. The number of hydrogen-bond acceptors (Lipinski definition) is 3. The summed E-state index contributed by atoms with van der Waals surface area (Å²) in [5.74, 6) is 1.10. The van der Waals surface area contributed by atoms with E-state index in [4.69, 9.17) is 4.74 Å². The predicted octanol–water partition coefficient (Wildman–Crippen LogP) is 7.65. The van der Waals surface area contributed by atoms with Crippen molar-refractivity contribution in [3.63, 3.8) is 0 Å². The molecule has 1 aliphatic carbocycles. The molecule has 1 aromatic carbocycles. The van der Waals surface area contributed by atoms with Crippen molar-refractivity contribution >= 4 is 11.8 Å². The van der Waals surface area contributed by atoms with Crippen molar-refractivity contribution in [3.8, 4) is 0 Å². The number of benzene rings is 1. The maximum Gasteiger partial charge on any atom is 0.306 e. The Hall–Kier alpha value is -2.16. The Morgan fingerprint density at radius 1 is 1.13 bits per heavy atom. The van der Waals surface area contributed by atoms with E-state index >= 15 is 0 Å². The van der Waals surface area contributed by atoms with Crippen LogP contribution in [-0.2, 0) is 20.7 Å². The lowest BCUT2D eigenvalue weighted by atomic mass is 9.98. The number of ether oxygens (including phenoxy) is 1. The van der Waals surface area contributed by atoms with Crippen LogP contribution in [0.4, 0.5) is 0 Å². The Morgan fingerprint density at radius 3 is 2.42 bits per heavy atom. The van der Waals surface area contributed by atoms with E-state index in [0.29, 0.717) is 18.1 Å². The van der Waals surface area contributed by atoms with Gasteiger partial charge in [-0.1, -0.05) is 61.7 Å². The summed E-state index contributed by atoms with van der Waals surface area (Å²) in [4.78, 5) is 22.1. The highest BCUT2D eigenvalue weighted by atomic mass is 16.5. The summed E-state index contributed by atoms with van der Waals surface area (Å²) in [5.41, 5.74) is 1.45. The average Bonchev–Trinajstić information content (AvgIpc) is 3.18. The lowest BCUT2D eigenvalue weighted by molar-refractivity contribution is -0.147. The Labute approximate surface area is 191 Å². The molecule has 3 heteroatoms. The zero-order valence-electron chi connectivity index (χ0n) is 20.1. The van der Waals surface area contributed by atoms with E-state index in [1.54, 1.807) is 0 Å². The molecule has 1 fully saturated rings. The van der Waals surface area contributed by atoms with Gasteiger partial charge in [-0.15, -0.1) is 13.2 Å². The van der Waals surface area contributed by atoms with Gasteiger partial charge in [-0.05, 0) is 64.4 Å². The SMILES string of the molecule is C/C=C\CCCC(=O)OC(C)C.C=C.O=C1CC[C@H](CCCCCc2ccccc2)C1. The van der Waals surface area contributed by atoms with E-state index in [1.807, 2.05) is 26.8 Å². The highest BCUT2D eigenvalue weighted by Gasteiger charge is 2.20. The third-order valence-corrected chi connectivity index (χ3v) is 5.12. The van der Waals surface area contributed by atoms with Crippen LogP contribution in [0.1, 0.15) is 90.5 Å². The van der Waals surface area contributed by atoms with Crippen LogP contribution >= 0.6 is 0 Å². The third kappa shape index (κ3) is 17.2. The second-order valence-corrected chi connectivity index (χ2v) is 8.23. The first kappa shape index (κ1) is 28.8. The number of aryl methyl sites for hydroxylation is 1. The number of carbonyl (C=O) groups excluding carboxylic acids is 2. The second-order valence-electron chi connectivity index (χ2n) is 8.23. The van der Waals surface area contributed by atoms with Gasteiger partial charge >= 0.3 is 5.97 Å². The highest BCUT2D eigenvalue weighted by Crippen LogP contribution is 2.27. The Balaban J connectivity index is 0.000000570. The molecule has 0 saturated heterocycles. The number of ketones is 1.